The predicted molar refractivity (Wildman–Crippen MR) is 204 cm³/mol. The van der Waals surface area contributed by atoms with Gasteiger partial charge in [-0.1, -0.05) is 103 Å². The van der Waals surface area contributed by atoms with Gasteiger partial charge in [-0.3, -0.25) is 4.57 Å². The quantitative estimate of drug-likeness (QED) is 0.173. The molecule has 0 atom stereocenters. The van der Waals surface area contributed by atoms with Crippen LogP contribution in [-0.2, 0) is 17.3 Å². The second-order valence-electron chi connectivity index (χ2n) is 15.2. The number of ether oxygens (including phenoxy) is 1. The van der Waals surface area contributed by atoms with Crippen LogP contribution in [0.1, 0.15) is 77.4 Å². The van der Waals surface area contributed by atoms with Gasteiger partial charge in [0, 0.05) is 40.1 Å². The molecule has 5 nitrogen and oxygen atoms in total. The second kappa shape index (κ2) is 12.4. The topological polar surface area (TPSA) is 44.9 Å². The highest BCUT2D eigenvalue weighted by Crippen LogP contribution is 2.40. The van der Waals surface area contributed by atoms with E-state index in [0.717, 1.165) is 58.1 Å². The summed E-state index contributed by atoms with van der Waals surface area (Å²) in [5, 5.41) is 7.64. The summed E-state index contributed by atoms with van der Waals surface area (Å²) in [5.74, 6) is 2.45. The van der Waals surface area contributed by atoms with Crippen molar-refractivity contribution in [2.45, 2.75) is 79.1 Å². The van der Waals surface area contributed by atoms with E-state index >= 15 is 0 Å². The van der Waals surface area contributed by atoms with Crippen LogP contribution < -0.4 is 4.74 Å². The van der Waals surface area contributed by atoms with Gasteiger partial charge in [-0.15, -0.1) is 0 Å². The highest BCUT2D eigenvalue weighted by Gasteiger charge is 2.29. The molecule has 0 bridgehead atoms. The first kappa shape index (κ1) is 32.4. The van der Waals surface area contributed by atoms with Gasteiger partial charge in [0.25, 0.3) is 0 Å². The van der Waals surface area contributed by atoms with Crippen LogP contribution in [-0.4, -0.2) is 19.3 Å². The first-order chi connectivity index (χ1) is 23.4. The Kier molecular flexibility index (Phi) is 8.18. The Morgan fingerprint density at radius 1 is 0.694 bits per heavy atom. The van der Waals surface area contributed by atoms with Gasteiger partial charge in [0.2, 0.25) is 0 Å². The van der Waals surface area contributed by atoms with Gasteiger partial charge in [0.15, 0.2) is 0 Å². The van der Waals surface area contributed by atoms with Crippen molar-refractivity contribution in [1.82, 2.24) is 19.3 Å². The molecule has 49 heavy (non-hydrogen) atoms. The van der Waals surface area contributed by atoms with Gasteiger partial charge in [0.1, 0.15) is 17.3 Å². The van der Waals surface area contributed by atoms with Crippen LogP contribution in [0.5, 0.6) is 11.5 Å². The molecule has 0 amide bonds. The maximum absolute atomic E-state index is 6.71. The lowest BCUT2D eigenvalue weighted by molar-refractivity contribution is 0.481. The Balaban J connectivity index is 1.35. The first-order valence-electron chi connectivity index (χ1n) is 17.4. The Hall–Kier alpha value is -5.16. The summed E-state index contributed by atoms with van der Waals surface area (Å²) in [5.41, 5.74) is 10.2. The van der Waals surface area contributed by atoms with Crippen molar-refractivity contribution in [3.63, 3.8) is 0 Å². The van der Waals surface area contributed by atoms with E-state index in [2.05, 4.69) is 168 Å². The number of pyridine rings is 1. The van der Waals surface area contributed by atoms with Gasteiger partial charge in [-0.2, -0.15) is 5.10 Å². The molecule has 0 aliphatic carbocycles. The highest BCUT2D eigenvalue weighted by atomic mass is 16.5. The lowest BCUT2D eigenvalue weighted by atomic mass is 9.85. The number of nitrogens with zero attached hydrogens (tertiary/aromatic N) is 4. The van der Waals surface area contributed by atoms with Gasteiger partial charge in [-0.25, -0.2) is 9.67 Å². The largest absolute Gasteiger partial charge is 0.457 e. The second-order valence-corrected chi connectivity index (χ2v) is 15.2. The maximum Gasteiger partial charge on any atom is 0.137 e. The predicted octanol–water partition coefficient (Wildman–Crippen LogP) is 11.7. The van der Waals surface area contributed by atoms with E-state index in [4.69, 9.17) is 14.8 Å². The van der Waals surface area contributed by atoms with Crippen LogP contribution >= 0.6 is 0 Å². The van der Waals surface area contributed by atoms with Crippen molar-refractivity contribution in [2.75, 3.05) is 0 Å². The molecule has 248 valence electrons. The summed E-state index contributed by atoms with van der Waals surface area (Å²) in [4.78, 5) is 4.85. The number of benzene rings is 4. The van der Waals surface area contributed by atoms with Gasteiger partial charge in [-0.05, 0) is 77.9 Å². The number of aryl methyl sites for hydroxylation is 2. The van der Waals surface area contributed by atoms with Crippen molar-refractivity contribution in [3.05, 3.63) is 132 Å². The summed E-state index contributed by atoms with van der Waals surface area (Å²) < 4.78 is 11.1. The third-order valence-electron chi connectivity index (χ3n) is 9.22. The fourth-order valence-corrected chi connectivity index (χ4v) is 6.98. The molecule has 0 N–H and O–H groups in total. The maximum atomic E-state index is 6.71. The van der Waals surface area contributed by atoms with Crippen molar-refractivity contribution < 1.29 is 4.74 Å². The molecule has 0 radical (unpaired) electrons. The molecule has 0 unspecified atom stereocenters. The van der Waals surface area contributed by atoms with E-state index in [1.54, 1.807) is 0 Å². The minimum Gasteiger partial charge on any atom is -0.457 e. The normalized spacial score (nSPS) is 12.2. The average molecular weight is 647 g/mol. The molecule has 0 saturated carbocycles. The molecule has 0 fully saturated rings. The minimum absolute atomic E-state index is 0.00813. The van der Waals surface area contributed by atoms with Crippen LogP contribution in [0.3, 0.4) is 0 Å². The number of rotatable bonds is 7. The highest BCUT2D eigenvalue weighted by molar-refractivity contribution is 6.09. The van der Waals surface area contributed by atoms with Crippen molar-refractivity contribution in [1.29, 1.82) is 0 Å². The fraction of sp³-hybridized carbons (Fsp3) is 0.273. The molecule has 0 saturated heterocycles. The number of fused-ring (bicyclic) bond motifs is 3. The molecule has 0 spiro atoms. The zero-order valence-corrected chi connectivity index (χ0v) is 30.0. The van der Waals surface area contributed by atoms with Crippen molar-refractivity contribution >= 4 is 21.8 Å². The van der Waals surface area contributed by atoms with E-state index < -0.39 is 0 Å². The summed E-state index contributed by atoms with van der Waals surface area (Å²) in [6.45, 7) is 17.9. The smallest absolute Gasteiger partial charge is 0.137 e. The van der Waals surface area contributed by atoms with Crippen LogP contribution in [0.2, 0.25) is 0 Å². The Labute approximate surface area is 290 Å². The molecular weight excluding hydrogens is 601 g/mol. The van der Waals surface area contributed by atoms with Crippen molar-refractivity contribution in [3.8, 4) is 34.1 Å². The van der Waals surface area contributed by atoms with Crippen LogP contribution in [0.25, 0.3) is 44.4 Å². The monoisotopic (exact) mass is 646 g/mol. The molecule has 0 aliphatic rings. The Morgan fingerprint density at radius 2 is 1.43 bits per heavy atom. The number of para-hydroxylation sites is 1. The van der Waals surface area contributed by atoms with Gasteiger partial charge >= 0.3 is 0 Å². The summed E-state index contributed by atoms with van der Waals surface area (Å²) in [7, 11) is 0. The van der Waals surface area contributed by atoms with E-state index in [-0.39, 0.29) is 10.8 Å². The van der Waals surface area contributed by atoms with Gasteiger partial charge < -0.3 is 4.74 Å². The van der Waals surface area contributed by atoms with E-state index in [1.807, 2.05) is 6.20 Å². The zero-order valence-electron chi connectivity index (χ0n) is 30.0. The Bertz CT molecular complexity index is 2290. The molecule has 3 aromatic heterocycles. The molecule has 5 heteroatoms. The lowest BCUT2D eigenvalue weighted by Crippen LogP contribution is -2.18. The van der Waals surface area contributed by atoms with E-state index in [0.29, 0.717) is 0 Å². The lowest BCUT2D eigenvalue weighted by Gasteiger charge is -2.23. The van der Waals surface area contributed by atoms with Gasteiger partial charge in [0.05, 0.1) is 28.1 Å². The average Bonchev–Trinajstić information content (AvgIpc) is 3.61. The summed E-state index contributed by atoms with van der Waals surface area (Å²) in [6.07, 6.45) is 3.86. The number of aromatic nitrogens is 4. The minimum atomic E-state index is -0.147. The Morgan fingerprint density at radius 3 is 2.16 bits per heavy atom. The first-order valence-corrected chi connectivity index (χ1v) is 17.4. The molecule has 7 rings (SSSR count). The SMILES string of the molecule is CCCc1nn(-c2cc(C)cc(Oc3ccc4c5ccccc5n(-c5cc(C(C)(C)C)ccn5)c4c3)c2)c(C(C)(C)C)c1-c1ccccc1. The third kappa shape index (κ3) is 6.14. The molecule has 0 aliphatic heterocycles. The fourth-order valence-electron chi connectivity index (χ4n) is 6.98. The molecule has 4 aromatic carbocycles. The standard InChI is InChI=1S/C44H46N4O/c1-9-15-37-41(30-16-11-10-12-17-30)42(44(6,7)8)48(46-37)32-24-29(2)25-34(27-32)49-33-20-21-36-35-18-13-14-19-38(35)47(39(36)28-33)40-26-31(22-23-45-40)43(3,4)5/h10-14,16-28H,9,15H2,1-8H3. The third-order valence-corrected chi connectivity index (χ3v) is 9.22. The molecular formula is C44H46N4O. The van der Waals surface area contributed by atoms with E-state index in [1.165, 1.54) is 33.2 Å². The molecule has 7 aromatic rings. The summed E-state index contributed by atoms with van der Waals surface area (Å²) >= 11 is 0. The number of hydrogen-bond acceptors (Lipinski definition) is 3. The molecule has 3 heterocycles. The summed E-state index contributed by atoms with van der Waals surface area (Å²) in [6, 6.07) is 36.4. The van der Waals surface area contributed by atoms with Crippen molar-refractivity contribution in [2.24, 2.45) is 0 Å². The van der Waals surface area contributed by atoms with Crippen LogP contribution in [0.4, 0.5) is 0 Å². The van der Waals surface area contributed by atoms with Crippen LogP contribution in [0.15, 0.2) is 109 Å². The van der Waals surface area contributed by atoms with Crippen LogP contribution in [0, 0.1) is 6.92 Å². The zero-order chi connectivity index (χ0) is 34.5. The van der Waals surface area contributed by atoms with E-state index in [9.17, 15) is 0 Å². The number of hydrogen-bond donors (Lipinski definition) is 0.